The fourth-order valence-electron chi connectivity index (χ4n) is 0.627. The molecule has 0 fully saturated rings. The minimum atomic E-state index is -2.23. The van der Waals surface area contributed by atoms with Gasteiger partial charge in [-0.25, -0.2) is 0 Å². The number of aliphatic hydroxyl groups excluding tert-OH is 1. The van der Waals surface area contributed by atoms with Crippen LogP contribution in [0.3, 0.4) is 0 Å². The zero-order valence-electron chi connectivity index (χ0n) is 6.39. The number of aliphatic hydroxyl groups is 1. The molecule has 0 aliphatic heterocycles. The van der Waals surface area contributed by atoms with E-state index in [1.165, 1.54) is 0 Å². The first kappa shape index (κ1) is 9.14. The lowest BCUT2D eigenvalue weighted by atomic mass is 10.4. The Bertz CT molecular complexity index is 77.6. The fraction of sp³-hybridized carbons (Fsp3) is 1.00. The highest BCUT2D eigenvalue weighted by atomic mass is 28.4. The first-order valence-electron chi connectivity index (χ1n) is 3.39. The van der Waals surface area contributed by atoms with Crippen LogP contribution in [0.5, 0.6) is 0 Å². The summed E-state index contributed by atoms with van der Waals surface area (Å²) in [5, 5.41) is 9.20. The molecule has 0 aromatic heterocycles. The Balaban J connectivity index is 3.59. The standard InChI is InChI=1S/C6H16O2Si/c1-4-5-6(7)9(2,3)8/h6-8H,4-5H2,1-3H3. The van der Waals surface area contributed by atoms with E-state index in [-0.39, 0.29) is 0 Å². The lowest BCUT2D eigenvalue weighted by Gasteiger charge is -2.20. The lowest BCUT2D eigenvalue weighted by molar-refractivity contribution is 0.210. The normalized spacial score (nSPS) is 15.7. The highest BCUT2D eigenvalue weighted by molar-refractivity contribution is 6.71. The summed E-state index contributed by atoms with van der Waals surface area (Å²) in [4.78, 5) is 9.31. The molecule has 0 saturated carbocycles. The van der Waals surface area contributed by atoms with E-state index >= 15 is 0 Å². The average molecular weight is 148 g/mol. The Hall–Kier alpha value is 0.137. The SMILES string of the molecule is CCCC(O)[Si](C)(C)O. The van der Waals surface area contributed by atoms with Gasteiger partial charge in [-0.05, 0) is 19.5 Å². The van der Waals surface area contributed by atoms with Gasteiger partial charge in [0.2, 0.25) is 8.32 Å². The molecule has 1 atom stereocenters. The van der Waals surface area contributed by atoms with Gasteiger partial charge in [0, 0.05) is 0 Å². The zero-order chi connectivity index (χ0) is 7.49. The molecule has 0 aromatic carbocycles. The van der Waals surface area contributed by atoms with Crippen molar-refractivity contribution in [1.82, 2.24) is 0 Å². The van der Waals surface area contributed by atoms with E-state index in [9.17, 15) is 9.90 Å². The minimum Gasteiger partial charge on any atom is -0.430 e. The van der Waals surface area contributed by atoms with Crippen LogP contribution in [0.1, 0.15) is 19.8 Å². The quantitative estimate of drug-likeness (QED) is 0.583. The summed E-state index contributed by atoms with van der Waals surface area (Å²) in [5.41, 5.74) is -0.442. The van der Waals surface area contributed by atoms with Crippen LogP contribution < -0.4 is 0 Å². The number of rotatable bonds is 3. The van der Waals surface area contributed by atoms with Gasteiger partial charge in [0.25, 0.3) is 0 Å². The summed E-state index contributed by atoms with van der Waals surface area (Å²) in [5.74, 6) is 0. The van der Waals surface area contributed by atoms with E-state index in [0.717, 1.165) is 12.8 Å². The summed E-state index contributed by atoms with van der Waals surface area (Å²) in [6.07, 6.45) is 1.67. The zero-order valence-corrected chi connectivity index (χ0v) is 7.39. The second-order valence-electron chi connectivity index (χ2n) is 2.96. The Morgan fingerprint density at radius 1 is 1.44 bits per heavy atom. The molecule has 0 aliphatic rings. The van der Waals surface area contributed by atoms with Crippen LogP contribution in [0.15, 0.2) is 0 Å². The Labute approximate surface area is 57.7 Å². The second-order valence-corrected chi connectivity index (χ2v) is 6.93. The molecular weight excluding hydrogens is 132 g/mol. The van der Waals surface area contributed by atoms with Gasteiger partial charge < -0.3 is 9.90 Å². The summed E-state index contributed by atoms with van der Waals surface area (Å²) in [6.45, 7) is 5.52. The highest BCUT2D eigenvalue weighted by Crippen LogP contribution is 2.08. The summed E-state index contributed by atoms with van der Waals surface area (Å²) < 4.78 is 0. The molecule has 0 aliphatic carbocycles. The van der Waals surface area contributed by atoms with Crippen molar-refractivity contribution in [3.8, 4) is 0 Å². The maximum Gasteiger partial charge on any atom is 0.210 e. The molecule has 56 valence electrons. The van der Waals surface area contributed by atoms with Gasteiger partial charge in [0.05, 0.1) is 5.73 Å². The van der Waals surface area contributed by atoms with Crippen molar-refractivity contribution in [3.63, 3.8) is 0 Å². The monoisotopic (exact) mass is 148 g/mol. The van der Waals surface area contributed by atoms with Gasteiger partial charge in [-0.1, -0.05) is 13.3 Å². The molecule has 2 nitrogen and oxygen atoms in total. The van der Waals surface area contributed by atoms with Gasteiger partial charge in [0.15, 0.2) is 0 Å². The Kier molecular flexibility index (Phi) is 3.39. The van der Waals surface area contributed by atoms with E-state index in [4.69, 9.17) is 0 Å². The fourth-order valence-corrected chi connectivity index (χ4v) is 1.62. The predicted octanol–water partition coefficient (Wildman–Crippen LogP) is 0.884. The average Bonchev–Trinajstić information content (AvgIpc) is 1.64. The minimum absolute atomic E-state index is 0.442. The molecule has 0 radical (unpaired) electrons. The second kappa shape index (κ2) is 3.34. The molecule has 3 heteroatoms. The van der Waals surface area contributed by atoms with Crippen LogP contribution in [0.2, 0.25) is 13.1 Å². The molecule has 0 rings (SSSR count). The van der Waals surface area contributed by atoms with Crippen LogP contribution in [0.4, 0.5) is 0 Å². The van der Waals surface area contributed by atoms with Gasteiger partial charge >= 0.3 is 0 Å². The third-order valence-corrected chi connectivity index (χ3v) is 3.30. The Morgan fingerprint density at radius 3 is 2.00 bits per heavy atom. The van der Waals surface area contributed by atoms with Crippen molar-refractivity contribution in [3.05, 3.63) is 0 Å². The summed E-state index contributed by atoms with van der Waals surface area (Å²) >= 11 is 0. The topological polar surface area (TPSA) is 40.5 Å². The van der Waals surface area contributed by atoms with E-state index in [1.807, 2.05) is 6.92 Å². The maximum absolute atomic E-state index is 9.31. The van der Waals surface area contributed by atoms with E-state index in [0.29, 0.717) is 0 Å². The molecular formula is C6H16O2Si. The summed E-state index contributed by atoms with van der Waals surface area (Å²) in [7, 11) is -2.23. The molecule has 1 unspecified atom stereocenters. The van der Waals surface area contributed by atoms with Crippen LogP contribution in [0, 0.1) is 0 Å². The Morgan fingerprint density at radius 2 is 1.89 bits per heavy atom. The molecule has 9 heavy (non-hydrogen) atoms. The first-order valence-corrected chi connectivity index (χ1v) is 6.41. The van der Waals surface area contributed by atoms with E-state index in [1.54, 1.807) is 13.1 Å². The van der Waals surface area contributed by atoms with Gasteiger partial charge in [0.1, 0.15) is 0 Å². The molecule has 0 amide bonds. The van der Waals surface area contributed by atoms with Crippen LogP contribution >= 0.6 is 0 Å². The van der Waals surface area contributed by atoms with Gasteiger partial charge in [-0.2, -0.15) is 0 Å². The highest BCUT2D eigenvalue weighted by Gasteiger charge is 2.26. The number of hydrogen-bond donors (Lipinski definition) is 2. The molecule has 0 spiro atoms. The third-order valence-electron chi connectivity index (χ3n) is 1.38. The van der Waals surface area contributed by atoms with E-state index < -0.39 is 14.0 Å². The van der Waals surface area contributed by atoms with Crippen LogP contribution in [-0.2, 0) is 0 Å². The maximum atomic E-state index is 9.31. The predicted molar refractivity (Wildman–Crippen MR) is 40.6 cm³/mol. The van der Waals surface area contributed by atoms with Crippen molar-refractivity contribution in [1.29, 1.82) is 0 Å². The molecule has 2 N–H and O–H groups in total. The molecule has 0 aromatic rings. The van der Waals surface area contributed by atoms with Crippen LogP contribution in [-0.4, -0.2) is 23.9 Å². The van der Waals surface area contributed by atoms with Crippen molar-refractivity contribution in [2.45, 2.75) is 38.6 Å². The van der Waals surface area contributed by atoms with Crippen molar-refractivity contribution >= 4 is 8.32 Å². The van der Waals surface area contributed by atoms with E-state index in [2.05, 4.69) is 0 Å². The van der Waals surface area contributed by atoms with Crippen molar-refractivity contribution in [2.75, 3.05) is 0 Å². The first-order chi connectivity index (χ1) is 3.98. The number of hydrogen-bond acceptors (Lipinski definition) is 2. The third kappa shape index (κ3) is 3.67. The summed E-state index contributed by atoms with van der Waals surface area (Å²) in [6, 6.07) is 0. The van der Waals surface area contributed by atoms with Crippen molar-refractivity contribution in [2.24, 2.45) is 0 Å². The molecule has 0 saturated heterocycles. The largest absolute Gasteiger partial charge is 0.430 e. The molecule has 0 bridgehead atoms. The smallest absolute Gasteiger partial charge is 0.210 e. The van der Waals surface area contributed by atoms with Gasteiger partial charge in [-0.15, -0.1) is 0 Å². The molecule has 0 heterocycles. The van der Waals surface area contributed by atoms with Gasteiger partial charge in [-0.3, -0.25) is 0 Å². The van der Waals surface area contributed by atoms with Crippen molar-refractivity contribution < 1.29 is 9.90 Å². The van der Waals surface area contributed by atoms with Crippen LogP contribution in [0.25, 0.3) is 0 Å². The lowest BCUT2D eigenvalue weighted by Crippen LogP contribution is -2.41.